The third kappa shape index (κ3) is 1.27. The molecule has 2 unspecified atom stereocenters. The van der Waals surface area contributed by atoms with Gasteiger partial charge in [0.1, 0.15) is 11.3 Å². The fourth-order valence-electron chi connectivity index (χ4n) is 2.26. The zero-order valence-electron chi connectivity index (χ0n) is 8.60. The van der Waals surface area contributed by atoms with E-state index < -0.39 is 0 Å². The summed E-state index contributed by atoms with van der Waals surface area (Å²) in [4.78, 5) is 6.67. The Kier molecular flexibility index (Phi) is 2.55. The quantitative estimate of drug-likeness (QED) is 0.782. The molecule has 0 bridgehead atoms. The molecule has 2 rings (SSSR count). The lowest BCUT2D eigenvalue weighted by molar-refractivity contribution is 0.152. The highest BCUT2D eigenvalue weighted by molar-refractivity contribution is 7.05. The highest BCUT2D eigenvalue weighted by Crippen LogP contribution is 2.41. The van der Waals surface area contributed by atoms with Gasteiger partial charge in [-0.05, 0) is 50.9 Å². The maximum absolute atomic E-state index is 5.81. The lowest BCUT2D eigenvalue weighted by atomic mass is 9.87. The van der Waals surface area contributed by atoms with Crippen LogP contribution in [0.2, 0.25) is 0 Å². The van der Waals surface area contributed by atoms with Crippen LogP contribution < -0.4 is 5.73 Å². The fourth-order valence-corrected chi connectivity index (χ4v) is 3.05. The smallest absolute Gasteiger partial charge is 0.134 e. The standard InChI is InChI=1S/C9H16N4S/c1-9(8-11-6-12-14-8)7(5-10)3-4-13(9)2/h6-7H,3-5,10H2,1-2H3. The Labute approximate surface area is 88.3 Å². The van der Waals surface area contributed by atoms with E-state index in [0.717, 1.165) is 24.5 Å². The molecule has 0 amide bonds. The highest BCUT2D eigenvalue weighted by Gasteiger charge is 2.45. The van der Waals surface area contributed by atoms with Gasteiger partial charge < -0.3 is 5.73 Å². The minimum atomic E-state index is -0.00405. The Bertz CT molecular complexity index is 300. The van der Waals surface area contributed by atoms with Crippen molar-refractivity contribution in [2.45, 2.75) is 18.9 Å². The topological polar surface area (TPSA) is 55.0 Å². The van der Waals surface area contributed by atoms with Crippen LogP contribution >= 0.6 is 11.5 Å². The summed E-state index contributed by atoms with van der Waals surface area (Å²) in [6.45, 7) is 4.04. The summed E-state index contributed by atoms with van der Waals surface area (Å²) >= 11 is 1.48. The number of nitrogens with zero attached hydrogens (tertiary/aromatic N) is 3. The number of hydrogen-bond acceptors (Lipinski definition) is 5. The lowest BCUT2D eigenvalue weighted by Gasteiger charge is -2.34. The molecule has 1 aromatic rings. The molecule has 0 spiro atoms. The Morgan fingerprint density at radius 3 is 3.14 bits per heavy atom. The molecular weight excluding hydrogens is 196 g/mol. The molecule has 78 valence electrons. The highest BCUT2D eigenvalue weighted by atomic mass is 32.1. The molecule has 0 aromatic carbocycles. The normalized spacial score (nSPS) is 33.8. The average molecular weight is 212 g/mol. The van der Waals surface area contributed by atoms with Gasteiger partial charge in [0.2, 0.25) is 0 Å². The van der Waals surface area contributed by atoms with Gasteiger partial charge in [0.05, 0.1) is 5.54 Å². The fraction of sp³-hybridized carbons (Fsp3) is 0.778. The first-order chi connectivity index (χ1) is 6.69. The summed E-state index contributed by atoms with van der Waals surface area (Å²) in [7, 11) is 2.14. The van der Waals surface area contributed by atoms with Crippen LogP contribution in [0, 0.1) is 5.92 Å². The first-order valence-electron chi connectivity index (χ1n) is 4.88. The van der Waals surface area contributed by atoms with Crippen molar-refractivity contribution in [3.8, 4) is 0 Å². The zero-order valence-corrected chi connectivity index (χ0v) is 9.42. The maximum atomic E-state index is 5.81. The van der Waals surface area contributed by atoms with Crippen LogP contribution in [0.25, 0.3) is 0 Å². The molecular formula is C9H16N4S. The monoisotopic (exact) mass is 212 g/mol. The van der Waals surface area contributed by atoms with Crippen molar-refractivity contribution in [3.63, 3.8) is 0 Å². The summed E-state index contributed by atoms with van der Waals surface area (Å²) in [5, 5.41) is 1.09. The summed E-state index contributed by atoms with van der Waals surface area (Å²) < 4.78 is 4.08. The molecule has 1 saturated heterocycles. The van der Waals surface area contributed by atoms with E-state index in [1.54, 1.807) is 6.33 Å². The number of aromatic nitrogens is 2. The molecule has 14 heavy (non-hydrogen) atoms. The molecule has 0 radical (unpaired) electrons. The van der Waals surface area contributed by atoms with E-state index in [0.29, 0.717) is 5.92 Å². The molecule has 2 N–H and O–H groups in total. The van der Waals surface area contributed by atoms with Crippen LogP contribution in [0.5, 0.6) is 0 Å². The van der Waals surface area contributed by atoms with Crippen LogP contribution in [-0.2, 0) is 5.54 Å². The third-order valence-corrected chi connectivity index (χ3v) is 4.37. The Morgan fingerprint density at radius 2 is 2.57 bits per heavy atom. The third-order valence-electron chi connectivity index (χ3n) is 3.48. The molecule has 4 nitrogen and oxygen atoms in total. The van der Waals surface area contributed by atoms with Crippen molar-refractivity contribution in [2.24, 2.45) is 11.7 Å². The van der Waals surface area contributed by atoms with Crippen molar-refractivity contribution >= 4 is 11.5 Å². The molecule has 1 aliphatic heterocycles. The van der Waals surface area contributed by atoms with E-state index in [4.69, 9.17) is 5.73 Å². The van der Waals surface area contributed by atoms with Crippen molar-refractivity contribution in [1.82, 2.24) is 14.3 Å². The molecule has 0 aliphatic carbocycles. The summed E-state index contributed by atoms with van der Waals surface area (Å²) in [5.41, 5.74) is 5.80. The molecule has 5 heteroatoms. The number of nitrogens with two attached hydrogens (primary N) is 1. The van der Waals surface area contributed by atoms with Crippen LogP contribution in [-0.4, -0.2) is 34.4 Å². The summed E-state index contributed by atoms with van der Waals surface area (Å²) in [6.07, 6.45) is 2.79. The summed E-state index contributed by atoms with van der Waals surface area (Å²) in [5.74, 6) is 0.500. The maximum Gasteiger partial charge on any atom is 0.134 e. The zero-order chi connectivity index (χ0) is 10.2. The second-order valence-electron chi connectivity index (χ2n) is 4.04. The van der Waals surface area contributed by atoms with Gasteiger partial charge in [0.25, 0.3) is 0 Å². The van der Waals surface area contributed by atoms with E-state index in [1.165, 1.54) is 11.5 Å². The Morgan fingerprint density at radius 1 is 1.79 bits per heavy atom. The first kappa shape index (κ1) is 10.0. The van der Waals surface area contributed by atoms with Gasteiger partial charge in [-0.1, -0.05) is 0 Å². The van der Waals surface area contributed by atoms with Gasteiger partial charge >= 0.3 is 0 Å². The number of rotatable bonds is 2. The van der Waals surface area contributed by atoms with Crippen LogP contribution in [0.3, 0.4) is 0 Å². The van der Waals surface area contributed by atoms with Gasteiger partial charge in [-0.25, -0.2) is 4.98 Å². The molecule has 1 aliphatic rings. The van der Waals surface area contributed by atoms with Gasteiger partial charge in [0, 0.05) is 0 Å². The Balaban J connectivity index is 2.36. The number of hydrogen-bond donors (Lipinski definition) is 1. The molecule has 2 heterocycles. The van der Waals surface area contributed by atoms with Crippen molar-refractivity contribution < 1.29 is 0 Å². The van der Waals surface area contributed by atoms with E-state index in [-0.39, 0.29) is 5.54 Å². The Hall–Kier alpha value is -0.520. The van der Waals surface area contributed by atoms with Crippen molar-refractivity contribution in [3.05, 3.63) is 11.3 Å². The first-order valence-corrected chi connectivity index (χ1v) is 5.65. The van der Waals surface area contributed by atoms with Crippen molar-refractivity contribution in [2.75, 3.05) is 20.1 Å². The van der Waals surface area contributed by atoms with E-state index in [1.807, 2.05) is 0 Å². The lowest BCUT2D eigenvalue weighted by Crippen LogP contribution is -2.42. The minimum Gasteiger partial charge on any atom is -0.330 e. The van der Waals surface area contributed by atoms with E-state index in [2.05, 4.69) is 28.2 Å². The molecule has 1 fully saturated rings. The second-order valence-corrected chi connectivity index (χ2v) is 4.82. The second kappa shape index (κ2) is 3.56. The van der Waals surface area contributed by atoms with Gasteiger partial charge in [-0.15, -0.1) is 0 Å². The van der Waals surface area contributed by atoms with E-state index >= 15 is 0 Å². The van der Waals surface area contributed by atoms with Crippen LogP contribution in [0.1, 0.15) is 18.4 Å². The van der Waals surface area contributed by atoms with Gasteiger partial charge in [-0.3, -0.25) is 4.90 Å². The summed E-state index contributed by atoms with van der Waals surface area (Å²) in [6, 6.07) is 0. The van der Waals surface area contributed by atoms with Crippen LogP contribution in [0.4, 0.5) is 0 Å². The SMILES string of the molecule is CN1CCC(CN)C1(C)c1ncns1. The van der Waals surface area contributed by atoms with Crippen LogP contribution in [0.15, 0.2) is 6.33 Å². The molecule has 0 saturated carbocycles. The molecule has 2 atom stereocenters. The van der Waals surface area contributed by atoms with Gasteiger partial charge in [0.15, 0.2) is 0 Å². The minimum absolute atomic E-state index is 0.00405. The van der Waals surface area contributed by atoms with E-state index in [9.17, 15) is 0 Å². The average Bonchev–Trinajstić information content (AvgIpc) is 2.77. The molecule has 1 aromatic heterocycles. The number of likely N-dealkylation sites (tertiary alicyclic amines) is 1. The predicted octanol–water partition coefficient (Wildman–Crippen LogP) is 0.664. The van der Waals surface area contributed by atoms with Gasteiger partial charge in [-0.2, -0.15) is 4.37 Å². The predicted molar refractivity (Wildman–Crippen MR) is 57.1 cm³/mol. The largest absolute Gasteiger partial charge is 0.330 e. The van der Waals surface area contributed by atoms with Crippen molar-refractivity contribution in [1.29, 1.82) is 0 Å².